The van der Waals surface area contributed by atoms with Crippen molar-refractivity contribution < 1.29 is 4.79 Å². The Hall–Kier alpha value is -0.590. The van der Waals surface area contributed by atoms with Gasteiger partial charge in [0, 0.05) is 15.9 Å². The number of likely N-dealkylation sites (N-methyl/N-ethyl adjacent to an activating group) is 1. The van der Waals surface area contributed by atoms with Crippen LogP contribution in [-0.2, 0) is 11.3 Å². The predicted molar refractivity (Wildman–Crippen MR) is 98.1 cm³/mol. The van der Waals surface area contributed by atoms with Crippen LogP contribution in [0.1, 0.15) is 11.8 Å². The second-order valence-electron chi connectivity index (χ2n) is 4.64. The number of hydrogen-bond donors (Lipinski definition) is 1. The van der Waals surface area contributed by atoms with Gasteiger partial charge in [0.05, 0.1) is 22.3 Å². The van der Waals surface area contributed by atoms with Crippen LogP contribution in [-0.4, -0.2) is 23.9 Å². The van der Waals surface area contributed by atoms with E-state index in [2.05, 4.69) is 26.1 Å². The van der Waals surface area contributed by atoms with Crippen molar-refractivity contribution >= 4 is 62.1 Å². The highest BCUT2D eigenvalue weighted by Gasteiger charge is 2.14. The van der Waals surface area contributed by atoms with Crippen LogP contribution >= 0.6 is 50.5 Å². The van der Waals surface area contributed by atoms with Crippen molar-refractivity contribution in [2.24, 2.45) is 0 Å². The first-order valence-electron chi connectivity index (χ1n) is 6.69. The van der Waals surface area contributed by atoms with E-state index >= 15 is 0 Å². The number of benzene rings is 1. The van der Waals surface area contributed by atoms with Crippen LogP contribution in [0.5, 0.6) is 0 Å². The summed E-state index contributed by atoms with van der Waals surface area (Å²) in [4.78, 5) is 15.5. The Kier molecular flexibility index (Phi) is 6.71. The zero-order chi connectivity index (χ0) is 16.1. The zero-order valence-corrected chi connectivity index (χ0v) is 15.8. The molecular formula is C15H15BrCl2N2OS. The second-order valence-corrected chi connectivity index (χ2v) is 7.31. The molecule has 22 heavy (non-hydrogen) atoms. The van der Waals surface area contributed by atoms with E-state index < -0.39 is 0 Å². The van der Waals surface area contributed by atoms with Gasteiger partial charge in [0.15, 0.2) is 0 Å². The molecule has 7 heteroatoms. The summed E-state index contributed by atoms with van der Waals surface area (Å²) >= 11 is 17.3. The molecule has 1 N–H and O–H groups in total. The first kappa shape index (κ1) is 17.8. The van der Waals surface area contributed by atoms with Crippen molar-refractivity contribution in [1.82, 2.24) is 4.90 Å². The van der Waals surface area contributed by atoms with Gasteiger partial charge in [-0.05, 0) is 46.1 Å². The van der Waals surface area contributed by atoms with Gasteiger partial charge in [-0.2, -0.15) is 0 Å². The smallest absolute Gasteiger partial charge is 0.238 e. The lowest BCUT2D eigenvalue weighted by atomic mass is 10.3. The third-order valence-electron chi connectivity index (χ3n) is 3.10. The van der Waals surface area contributed by atoms with Gasteiger partial charge in [0.25, 0.3) is 0 Å². The molecule has 0 atom stereocenters. The summed E-state index contributed by atoms with van der Waals surface area (Å²) < 4.78 is 1.07. The zero-order valence-electron chi connectivity index (χ0n) is 11.9. The fourth-order valence-corrected chi connectivity index (χ4v) is 3.93. The summed E-state index contributed by atoms with van der Waals surface area (Å²) in [5.74, 6) is -0.135. The SMILES string of the molecule is CCN(CC(=O)Nc1c(Cl)cccc1Cl)Cc1sccc1Br. The number of para-hydroxylation sites is 1. The molecular weight excluding hydrogens is 407 g/mol. The molecule has 1 aromatic heterocycles. The molecule has 118 valence electrons. The Morgan fingerprint density at radius 2 is 2.00 bits per heavy atom. The summed E-state index contributed by atoms with van der Waals surface area (Å²) in [6, 6.07) is 7.15. The van der Waals surface area contributed by atoms with Crippen molar-refractivity contribution in [2.45, 2.75) is 13.5 Å². The largest absolute Gasteiger partial charge is 0.322 e. The maximum atomic E-state index is 12.2. The van der Waals surface area contributed by atoms with Gasteiger partial charge in [-0.25, -0.2) is 0 Å². The first-order valence-corrected chi connectivity index (χ1v) is 9.12. The molecule has 1 amide bonds. The van der Waals surface area contributed by atoms with E-state index in [4.69, 9.17) is 23.2 Å². The van der Waals surface area contributed by atoms with E-state index in [1.54, 1.807) is 29.5 Å². The molecule has 1 aromatic carbocycles. The molecule has 0 aliphatic heterocycles. The number of thiophene rings is 1. The maximum absolute atomic E-state index is 12.2. The highest BCUT2D eigenvalue weighted by molar-refractivity contribution is 9.10. The van der Waals surface area contributed by atoms with E-state index in [-0.39, 0.29) is 12.5 Å². The van der Waals surface area contributed by atoms with E-state index in [9.17, 15) is 4.79 Å². The lowest BCUT2D eigenvalue weighted by Crippen LogP contribution is -2.32. The highest BCUT2D eigenvalue weighted by atomic mass is 79.9. The number of carbonyl (C=O) groups is 1. The number of nitrogens with one attached hydrogen (secondary N) is 1. The maximum Gasteiger partial charge on any atom is 0.238 e. The van der Waals surface area contributed by atoms with Gasteiger partial charge in [-0.3, -0.25) is 9.69 Å². The Bertz CT molecular complexity index is 642. The number of amides is 1. The van der Waals surface area contributed by atoms with Gasteiger partial charge in [-0.1, -0.05) is 36.2 Å². The monoisotopic (exact) mass is 420 g/mol. The number of halogens is 3. The number of carbonyl (C=O) groups excluding carboxylic acids is 1. The summed E-state index contributed by atoms with van der Waals surface area (Å²) in [5.41, 5.74) is 0.462. The van der Waals surface area contributed by atoms with Gasteiger partial charge < -0.3 is 5.32 Å². The fourth-order valence-electron chi connectivity index (χ4n) is 1.92. The number of rotatable bonds is 6. The minimum Gasteiger partial charge on any atom is -0.322 e. The Labute approximate surface area is 152 Å². The minimum atomic E-state index is -0.135. The molecule has 1 heterocycles. The molecule has 0 saturated carbocycles. The molecule has 0 fully saturated rings. The number of hydrogen-bond acceptors (Lipinski definition) is 3. The number of nitrogens with zero attached hydrogens (tertiary/aromatic N) is 1. The van der Waals surface area contributed by atoms with Crippen molar-refractivity contribution in [1.29, 1.82) is 0 Å². The summed E-state index contributed by atoms with van der Waals surface area (Å²) in [6.45, 7) is 3.80. The molecule has 0 unspecified atom stereocenters. The summed E-state index contributed by atoms with van der Waals surface area (Å²) in [6.07, 6.45) is 0. The lowest BCUT2D eigenvalue weighted by molar-refractivity contribution is -0.117. The number of anilines is 1. The molecule has 0 saturated heterocycles. The molecule has 0 aliphatic rings. The van der Waals surface area contributed by atoms with E-state index in [1.165, 1.54) is 4.88 Å². The van der Waals surface area contributed by atoms with Crippen LogP contribution in [0.15, 0.2) is 34.1 Å². The average molecular weight is 422 g/mol. The highest BCUT2D eigenvalue weighted by Crippen LogP contribution is 2.30. The Balaban J connectivity index is 1.99. The molecule has 0 radical (unpaired) electrons. The van der Waals surface area contributed by atoms with E-state index in [1.807, 2.05) is 18.4 Å². The third-order valence-corrected chi connectivity index (χ3v) is 5.64. The van der Waals surface area contributed by atoms with Gasteiger partial charge >= 0.3 is 0 Å². The van der Waals surface area contributed by atoms with Crippen LogP contribution in [0, 0.1) is 0 Å². The molecule has 2 rings (SSSR count). The molecule has 0 bridgehead atoms. The summed E-state index contributed by atoms with van der Waals surface area (Å²) in [5, 5.41) is 5.68. The van der Waals surface area contributed by atoms with Crippen LogP contribution < -0.4 is 5.32 Å². The standard InChI is InChI=1S/C15H15BrCl2N2OS/c1-2-20(8-13-10(16)6-7-22-13)9-14(21)19-15-11(17)4-3-5-12(15)18/h3-7H,2,8-9H2,1H3,(H,19,21). The van der Waals surface area contributed by atoms with Gasteiger partial charge in [-0.15, -0.1) is 11.3 Å². The van der Waals surface area contributed by atoms with Crippen molar-refractivity contribution in [3.63, 3.8) is 0 Å². The molecule has 3 nitrogen and oxygen atoms in total. The van der Waals surface area contributed by atoms with Crippen LogP contribution in [0.3, 0.4) is 0 Å². The van der Waals surface area contributed by atoms with Crippen molar-refractivity contribution in [3.8, 4) is 0 Å². The minimum absolute atomic E-state index is 0.135. The summed E-state index contributed by atoms with van der Waals surface area (Å²) in [7, 11) is 0. The van der Waals surface area contributed by atoms with Crippen molar-refractivity contribution in [3.05, 3.63) is 49.0 Å². The van der Waals surface area contributed by atoms with E-state index in [0.717, 1.165) is 17.6 Å². The average Bonchev–Trinajstić information content (AvgIpc) is 2.87. The molecule has 2 aromatic rings. The normalized spacial score (nSPS) is 11.0. The Morgan fingerprint density at radius 1 is 1.32 bits per heavy atom. The van der Waals surface area contributed by atoms with Gasteiger partial charge in [0.1, 0.15) is 0 Å². The van der Waals surface area contributed by atoms with Gasteiger partial charge in [0.2, 0.25) is 5.91 Å². The molecule has 0 spiro atoms. The quantitative estimate of drug-likeness (QED) is 0.688. The Morgan fingerprint density at radius 3 is 2.55 bits per heavy atom. The molecule has 0 aliphatic carbocycles. The van der Waals surface area contributed by atoms with Crippen LogP contribution in [0.25, 0.3) is 0 Å². The second kappa shape index (κ2) is 8.31. The third kappa shape index (κ3) is 4.70. The fraction of sp³-hybridized carbons (Fsp3) is 0.267. The first-order chi connectivity index (χ1) is 10.5. The van der Waals surface area contributed by atoms with Crippen LogP contribution in [0.2, 0.25) is 10.0 Å². The topological polar surface area (TPSA) is 32.3 Å². The predicted octanol–water partition coefficient (Wildman–Crippen LogP) is 5.28. The van der Waals surface area contributed by atoms with Crippen LogP contribution in [0.4, 0.5) is 5.69 Å². The lowest BCUT2D eigenvalue weighted by Gasteiger charge is -2.19. The van der Waals surface area contributed by atoms with Crippen molar-refractivity contribution in [2.75, 3.05) is 18.4 Å². The van der Waals surface area contributed by atoms with E-state index in [0.29, 0.717) is 15.7 Å².